The van der Waals surface area contributed by atoms with Crippen LogP contribution in [0.1, 0.15) is 16.1 Å². The fraction of sp³-hybridized carbons (Fsp3) is 0.250. The van der Waals surface area contributed by atoms with Crippen LogP contribution in [0.3, 0.4) is 0 Å². The average Bonchev–Trinajstić information content (AvgIpc) is 2.83. The molecular formula is C12H12BrN3O2S. The largest absolute Gasteiger partial charge is 0.464 e. The summed E-state index contributed by atoms with van der Waals surface area (Å²) in [5.74, 6) is 0.145. The molecule has 0 aliphatic heterocycles. The molecule has 0 atom stereocenters. The SMILES string of the molecule is COC(=O)c1cncc(N(C)Cc2csc(Br)c2)n1. The number of rotatable bonds is 4. The molecule has 100 valence electrons. The minimum absolute atomic E-state index is 0.207. The van der Waals surface area contributed by atoms with E-state index < -0.39 is 5.97 Å². The van der Waals surface area contributed by atoms with Crippen LogP contribution in [0.15, 0.2) is 27.6 Å². The second kappa shape index (κ2) is 6.12. The maximum absolute atomic E-state index is 11.4. The Kier molecular flexibility index (Phi) is 4.49. The van der Waals surface area contributed by atoms with E-state index in [1.807, 2.05) is 11.9 Å². The molecule has 2 aromatic heterocycles. The molecule has 0 spiro atoms. The lowest BCUT2D eigenvalue weighted by molar-refractivity contribution is 0.0593. The summed E-state index contributed by atoms with van der Waals surface area (Å²) in [6.45, 7) is 0.696. The highest BCUT2D eigenvalue weighted by Gasteiger charge is 2.11. The third-order valence-corrected chi connectivity index (χ3v) is 4.00. The number of methoxy groups -OCH3 is 1. The van der Waals surface area contributed by atoms with Gasteiger partial charge in [-0.15, -0.1) is 11.3 Å². The summed E-state index contributed by atoms with van der Waals surface area (Å²) in [5, 5.41) is 2.07. The van der Waals surface area contributed by atoms with Gasteiger partial charge in [0.05, 0.1) is 23.3 Å². The normalized spacial score (nSPS) is 10.3. The maximum atomic E-state index is 11.4. The van der Waals surface area contributed by atoms with Gasteiger partial charge in [-0.05, 0) is 32.9 Å². The molecule has 0 saturated heterocycles. The number of anilines is 1. The highest BCUT2D eigenvalue weighted by atomic mass is 79.9. The number of hydrogen-bond donors (Lipinski definition) is 0. The summed E-state index contributed by atoms with van der Waals surface area (Å²) < 4.78 is 5.72. The molecule has 0 aromatic carbocycles. The standard InChI is InChI=1S/C12H12BrN3O2S/c1-16(6-8-3-10(13)19-7-8)11-5-14-4-9(15-11)12(17)18-2/h3-5,7H,6H2,1-2H3. The van der Waals surface area contributed by atoms with E-state index >= 15 is 0 Å². The molecule has 0 bridgehead atoms. The Morgan fingerprint density at radius 3 is 2.95 bits per heavy atom. The van der Waals surface area contributed by atoms with Crippen LogP contribution in [0.4, 0.5) is 5.82 Å². The van der Waals surface area contributed by atoms with Crippen molar-refractivity contribution in [2.45, 2.75) is 6.54 Å². The smallest absolute Gasteiger partial charge is 0.358 e. The minimum Gasteiger partial charge on any atom is -0.464 e. The summed E-state index contributed by atoms with van der Waals surface area (Å²) >= 11 is 5.06. The van der Waals surface area contributed by atoms with Crippen molar-refractivity contribution in [1.82, 2.24) is 9.97 Å². The van der Waals surface area contributed by atoms with Gasteiger partial charge in [0.15, 0.2) is 5.69 Å². The molecule has 0 aliphatic rings. The molecule has 2 rings (SSSR count). The van der Waals surface area contributed by atoms with Gasteiger partial charge in [-0.25, -0.2) is 9.78 Å². The number of carbonyl (C=O) groups is 1. The first-order chi connectivity index (χ1) is 9.10. The predicted molar refractivity (Wildman–Crippen MR) is 77.5 cm³/mol. The number of thiophene rings is 1. The Hall–Kier alpha value is -1.47. The first kappa shape index (κ1) is 14.0. The molecule has 0 radical (unpaired) electrons. The van der Waals surface area contributed by atoms with Crippen molar-refractivity contribution in [2.24, 2.45) is 0 Å². The van der Waals surface area contributed by atoms with Gasteiger partial charge in [0.2, 0.25) is 0 Å². The van der Waals surface area contributed by atoms with Crippen molar-refractivity contribution in [2.75, 3.05) is 19.1 Å². The highest BCUT2D eigenvalue weighted by molar-refractivity contribution is 9.11. The van der Waals surface area contributed by atoms with E-state index in [0.29, 0.717) is 12.4 Å². The van der Waals surface area contributed by atoms with Gasteiger partial charge in [0, 0.05) is 13.6 Å². The van der Waals surface area contributed by atoms with Crippen molar-refractivity contribution < 1.29 is 9.53 Å². The fourth-order valence-corrected chi connectivity index (χ4v) is 2.73. The van der Waals surface area contributed by atoms with E-state index in [-0.39, 0.29) is 5.69 Å². The second-order valence-corrected chi connectivity index (χ2v) is 6.16. The number of esters is 1. The van der Waals surface area contributed by atoms with Gasteiger partial charge < -0.3 is 9.64 Å². The quantitative estimate of drug-likeness (QED) is 0.800. The lowest BCUT2D eigenvalue weighted by Gasteiger charge is -2.17. The monoisotopic (exact) mass is 341 g/mol. The summed E-state index contributed by atoms with van der Waals surface area (Å²) in [5.41, 5.74) is 1.38. The van der Waals surface area contributed by atoms with Gasteiger partial charge >= 0.3 is 5.97 Å². The molecule has 0 saturated carbocycles. The average molecular weight is 342 g/mol. The van der Waals surface area contributed by atoms with E-state index in [1.165, 1.54) is 18.9 Å². The second-order valence-electron chi connectivity index (χ2n) is 3.87. The molecule has 2 aromatic rings. The van der Waals surface area contributed by atoms with Crippen LogP contribution in [-0.2, 0) is 11.3 Å². The van der Waals surface area contributed by atoms with Crippen LogP contribution in [-0.4, -0.2) is 30.1 Å². The fourth-order valence-electron chi connectivity index (χ4n) is 1.53. The summed E-state index contributed by atoms with van der Waals surface area (Å²) in [6.07, 6.45) is 3.01. The summed E-state index contributed by atoms with van der Waals surface area (Å²) in [6, 6.07) is 2.05. The van der Waals surface area contributed by atoms with Crippen molar-refractivity contribution >= 4 is 39.1 Å². The Bertz CT molecular complexity index is 588. The summed E-state index contributed by atoms with van der Waals surface area (Å²) in [4.78, 5) is 21.6. The Labute approximate surface area is 123 Å². The third kappa shape index (κ3) is 3.51. The first-order valence-corrected chi connectivity index (χ1v) is 7.12. The molecule has 0 aliphatic carbocycles. The van der Waals surface area contributed by atoms with Gasteiger partial charge in [-0.1, -0.05) is 0 Å². The summed E-state index contributed by atoms with van der Waals surface area (Å²) in [7, 11) is 3.22. The van der Waals surface area contributed by atoms with Crippen molar-refractivity contribution in [3.63, 3.8) is 0 Å². The molecule has 2 heterocycles. The van der Waals surface area contributed by atoms with Crippen LogP contribution in [0.2, 0.25) is 0 Å². The highest BCUT2D eigenvalue weighted by Crippen LogP contribution is 2.22. The number of carbonyl (C=O) groups excluding carboxylic acids is 1. The van der Waals surface area contributed by atoms with Crippen LogP contribution < -0.4 is 4.90 Å². The molecule has 5 nitrogen and oxygen atoms in total. The topological polar surface area (TPSA) is 55.3 Å². The molecule has 19 heavy (non-hydrogen) atoms. The lowest BCUT2D eigenvalue weighted by Crippen LogP contribution is -2.19. The molecule has 0 unspecified atom stereocenters. The zero-order valence-corrected chi connectivity index (χ0v) is 12.9. The number of halogens is 1. The predicted octanol–water partition coefficient (Wildman–Crippen LogP) is 2.72. The van der Waals surface area contributed by atoms with Gasteiger partial charge in [0.25, 0.3) is 0 Å². The van der Waals surface area contributed by atoms with Crippen LogP contribution in [0.25, 0.3) is 0 Å². The van der Waals surface area contributed by atoms with Gasteiger partial charge in [0.1, 0.15) is 5.82 Å². The molecule has 0 N–H and O–H groups in total. The molecule has 0 fully saturated rings. The van der Waals surface area contributed by atoms with Crippen LogP contribution in [0.5, 0.6) is 0 Å². The van der Waals surface area contributed by atoms with E-state index in [9.17, 15) is 4.79 Å². The number of hydrogen-bond acceptors (Lipinski definition) is 6. The van der Waals surface area contributed by atoms with Crippen LogP contribution >= 0.6 is 27.3 Å². The van der Waals surface area contributed by atoms with E-state index in [2.05, 4.69) is 42.1 Å². The minimum atomic E-state index is -0.485. The molecular weight excluding hydrogens is 330 g/mol. The Balaban J connectivity index is 2.14. The number of aromatic nitrogens is 2. The Morgan fingerprint density at radius 1 is 1.53 bits per heavy atom. The van der Waals surface area contributed by atoms with E-state index in [1.54, 1.807) is 17.5 Å². The van der Waals surface area contributed by atoms with Gasteiger partial charge in [-0.2, -0.15) is 0 Å². The van der Waals surface area contributed by atoms with Gasteiger partial charge in [-0.3, -0.25) is 4.98 Å². The Morgan fingerprint density at radius 2 is 2.32 bits per heavy atom. The van der Waals surface area contributed by atoms with Crippen LogP contribution in [0, 0.1) is 0 Å². The zero-order chi connectivity index (χ0) is 13.8. The van der Waals surface area contributed by atoms with Crippen molar-refractivity contribution in [3.8, 4) is 0 Å². The third-order valence-electron chi connectivity index (χ3n) is 2.45. The van der Waals surface area contributed by atoms with E-state index in [0.717, 1.165) is 3.79 Å². The first-order valence-electron chi connectivity index (χ1n) is 5.44. The molecule has 0 amide bonds. The van der Waals surface area contributed by atoms with E-state index in [4.69, 9.17) is 0 Å². The van der Waals surface area contributed by atoms with Crippen molar-refractivity contribution in [3.05, 3.63) is 38.9 Å². The maximum Gasteiger partial charge on any atom is 0.358 e. The number of ether oxygens (including phenoxy) is 1. The zero-order valence-electron chi connectivity index (χ0n) is 10.5. The number of nitrogens with zero attached hydrogens (tertiary/aromatic N) is 3. The van der Waals surface area contributed by atoms with Crippen molar-refractivity contribution in [1.29, 1.82) is 0 Å². The molecule has 7 heteroatoms. The lowest BCUT2D eigenvalue weighted by atomic mass is 10.3.